The molecule has 1 aliphatic heterocycles. The maximum absolute atomic E-state index is 9.50. The van der Waals surface area contributed by atoms with Crippen LogP contribution in [-0.2, 0) is 11.3 Å². The van der Waals surface area contributed by atoms with Crippen LogP contribution in [0.25, 0.3) is 10.9 Å². The van der Waals surface area contributed by atoms with Gasteiger partial charge in [-0.05, 0) is 30.3 Å². The van der Waals surface area contributed by atoms with Crippen molar-refractivity contribution in [2.45, 2.75) is 6.54 Å². The quantitative estimate of drug-likeness (QED) is 0.618. The summed E-state index contributed by atoms with van der Waals surface area (Å²) in [5.41, 5.74) is 2.31. The lowest BCUT2D eigenvalue weighted by Gasteiger charge is -2.26. The lowest BCUT2D eigenvalue weighted by molar-refractivity contribution is 0.0322. The molecular formula is C23H23ClN4O2. The van der Waals surface area contributed by atoms with Gasteiger partial charge in [0.25, 0.3) is 0 Å². The van der Waals surface area contributed by atoms with E-state index in [1.54, 1.807) is 18.2 Å². The van der Waals surface area contributed by atoms with Crippen molar-refractivity contribution < 1.29 is 9.47 Å². The van der Waals surface area contributed by atoms with E-state index in [2.05, 4.69) is 21.3 Å². The maximum atomic E-state index is 9.50. The van der Waals surface area contributed by atoms with Gasteiger partial charge in [0.2, 0.25) is 0 Å². The second kappa shape index (κ2) is 9.77. The molecule has 3 aromatic rings. The molecule has 0 bridgehead atoms. The highest BCUT2D eigenvalue weighted by molar-refractivity contribution is 6.31. The lowest BCUT2D eigenvalue weighted by Crippen LogP contribution is -2.38. The zero-order valence-electron chi connectivity index (χ0n) is 16.6. The zero-order valence-corrected chi connectivity index (χ0v) is 17.4. The van der Waals surface area contributed by atoms with Gasteiger partial charge in [0.05, 0.1) is 30.4 Å². The minimum absolute atomic E-state index is 0.542. The predicted octanol–water partition coefficient (Wildman–Crippen LogP) is 4.08. The monoisotopic (exact) mass is 422 g/mol. The molecule has 4 rings (SSSR count). The predicted molar refractivity (Wildman–Crippen MR) is 118 cm³/mol. The first kappa shape index (κ1) is 20.4. The second-order valence-electron chi connectivity index (χ2n) is 7.09. The van der Waals surface area contributed by atoms with Gasteiger partial charge in [0, 0.05) is 42.2 Å². The molecule has 0 aliphatic carbocycles. The van der Waals surface area contributed by atoms with E-state index in [0.29, 0.717) is 29.6 Å². The average Bonchev–Trinajstić information content (AvgIpc) is 2.78. The Labute approximate surface area is 181 Å². The lowest BCUT2D eigenvalue weighted by atomic mass is 10.1. The van der Waals surface area contributed by atoms with E-state index in [-0.39, 0.29) is 0 Å². The van der Waals surface area contributed by atoms with Crippen LogP contribution >= 0.6 is 11.6 Å². The van der Waals surface area contributed by atoms with Gasteiger partial charge in [-0.2, -0.15) is 5.26 Å². The Balaban J connectivity index is 1.42. The highest BCUT2D eigenvalue weighted by Crippen LogP contribution is 2.25. The second-order valence-corrected chi connectivity index (χ2v) is 7.53. The minimum atomic E-state index is 0.542. The molecule has 0 atom stereocenters. The summed E-state index contributed by atoms with van der Waals surface area (Å²) in [6.07, 6.45) is 0. The molecule has 2 aromatic carbocycles. The van der Waals surface area contributed by atoms with Crippen LogP contribution in [0, 0.1) is 11.3 Å². The number of hydrogen-bond acceptors (Lipinski definition) is 6. The normalized spacial score (nSPS) is 14.4. The van der Waals surface area contributed by atoms with Crippen molar-refractivity contribution >= 4 is 28.3 Å². The van der Waals surface area contributed by atoms with E-state index in [0.717, 1.165) is 55.1 Å². The summed E-state index contributed by atoms with van der Waals surface area (Å²) in [4.78, 5) is 6.96. The smallest absolute Gasteiger partial charge is 0.128 e. The fraction of sp³-hybridized carbons (Fsp3) is 0.304. The SMILES string of the molecule is N#Cc1cc(NCc2ccccc2OCCN2CCOCC2)nc2ccc(Cl)cc12. The van der Waals surface area contributed by atoms with Crippen molar-refractivity contribution in [1.82, 2.24) is 9.88 Å². The molecule has 1 N–H and O–H groups in total. The number of ether oxygens (including phenoxy) is 2. The van der Waals surface area contributed by atoms with Crippen LogP contribution in [0.1, 0.15) is 11.1 Å². The van der Waals surface area contributed by atoms with Crippen molar-refractivity contribution in [1.29, 1.82) is 5.26 Å². The molecule has 1 saturated heterocycles. The highest BCUT2D eigenvalue weighted by atomic mass is 35.5. The van der Waals surface area contributed by atoms with Gasteiger partial charge in [-0.15, -0.1) is 0 Å². The number of fused-ring (bicyclic) bond motifs is 1. The summed E-state index contributed by atoms with van der Waals surface area (Å²) in [5.74, 6) is 1.50. The van der Waals surface area contributed by atoms with E-state index in [9.17, 15) is 5.26 Å². The number of pyridine rings is 1. The average molecular weight is 423 g/mol. The number of nitrogens with zero attached hydrogens (tertiary/aromatic N) is 3. The Morgan fingerprint density at radius 2 is 2.00 bits per heavy atom. The first-order valence-electron chi connectivity index (χ1n) is 9.98. The number of morpholine rings is 1. The highest BCUT2D eigenvalue weighted by Gasteiger charge is 2.11. The van der Waals surface area contributed by atoms with Crippen molar-refractivity contribution in [3.05, 3.63) is 64.7 Å². The van der Waals surface area contributed by atoms with Crippen LogP contribution < -0.4 is 10.1 Å². The van der Waals surface area contributed by atoms with Crippen LogP contribution in [0.3, 0.4) is 0 Å². The molecule has 0 unspecified atom stereocenters. The Morgan fingerprint density at radius 3 is 2.83 bits per heavy atom. The Morgan fingerprint density at radius 1 is 1.17 bits per heavy atom. The van der Waals surface area contributed by atoms with Gasteiger partial charge in [-0.3, -0.25) is 4.90 Å². The first-order valence-corrected chi connectivity index (χ1v) is 10.4. The molecule has 2 heterocycles. The molecule has 0 amide bonds. The molecular weight excluding hydrogens is 400 g/mol. The number of nitrogens with one attached hydrogen (secondary N) is 1. The van der Waals surface area contributed by atoms with Crippen LogP contribution in [0.2, 0.25) is 5.02 Å². The number of benzene rings is 2. The van der Waals surface area contributed by atoms with Crippen molar-refractivity contribution in [2.75, 3.05) is 44.8 Å². The van der Waals surface area contributed by atoms with E-state index in [1.807, 2.05) is 30.3 Å². The van der Waals surface area contributed by atoms with Gasteiger partial charge in [-0.1, -0.05) is 29.8 Å². The number of halogens is 1. The van der Waals surface area contributed by atoms with Gasteiger partial charge < -0.3 is 14.8 Å². The van der Waals surface area contributed by atoms with E-state index < -0.39 is 0 Å². The fourth-order valence-electron chi connectivity index (χ4n) is 3.47. The van der Waals surface area contributed by atoms with E-state index in [4.69, 9.17) is 21.1 Å². The summed E-state index contributed by atoms with van der Waals surface area (Å²) in [6.45, 7) is 5.53. The minimum Gasteiger partial charge on any atom is -0.492 e. The Kier molecular flexibility index (Phi) is 6.65. The molecule has 1 aromatic heterocycles. The number of aromatic nitrogens is 1. The Bertz CT molecular complexity index is 1060. The standard InChI is InChI=1S/C23H23ClN4O2/c24-19-5-6-21-20(14-19)18(15-25)13-23(27-21)26-16-17-3-1-2-4-22(17)30-12-9-28-7-10-29-11-8-28/h1-6,13-14H,7-12,16H2,(H,26,27). The molecule has 1 aliphatic rings. The molecule has 7 heteroatoms. The van der Waals surface area contributed by atoms with Crippen LogP contribution in [0.5, 0.6) is 5.75 Å². The van der Waals surface area contributed by atoms with Crippen molar-refractivity contribution in [3.63, 3.8) is 0 Å². The summed E-state index contributed by atoms with van der Waals surface area (Å²) >= 11 is 6.06. The topological polar surface area (TPSA) is 70.4 Å². The maximum Gasteiger partial charge on any atom is 0.128 e. The van der Waals surface area contributed by atoms with E-state index >= 15 is 0 Å². The molecule has 154 valence electrons. The zero-order chi connectivity index (χ0) is 20.8. The number of hydrogen-bond donors (Lipinski definition) is 1. The summed E-state index contributed by atoms with van der Waals surface area (Å²) in [7, 11) is 0. The third kappa shape index (κ3) is 5.00. The van der Waals surface area contributed by atoms with Gasteiger partial charge in [0.15, 0.2) is 0 Å². The molecule has 30 heavy (non-hydrogen) atoms. The summed E-state index contributed by atoms with van der Waals surface area (Å²) in [5, 5.41) is 14.2. The third-order valence-electron chi connectivity index (χ3n) is 5.09. The van der Waals surface area contributed by atoms with Gasteiger partial charge >= 0.3 is 0 Å². The van der Waals surface area contributed by atoms with Crippen molar-refractivity contribution in [2.24, 2.45) is 0 Å². The number of rotatable bonds is 7. The molecule has 0 saturated carbocycles. The summed E-state index contributed by atoms with van der Waals surface area (Å²) < 4.78 is 11.4. The van der Waals surface area contributed by atoms with E-state index in [1.165, 1.54) is 0 Å². The fourth-order valence-corrected chi connectivity index (χ4v) is 3.64. The largest absolute Gasteiger partial charge is 0.492 e. The van der Waals surface area contributed by atoms with Crippen LogP contribution in [0.4, 0.5) is 5.82 Å². The first-order chi connectivity index (χ1) is 14.7. The van der Waals surface area contributed by atoms with Crippen molar-refractivity contribution in [3.8, 4) is 11.8 Å². The number of anilines is 1. The number of para-hydroxylation sites is 1. The van der Waals surface area contributed by atoms with Crippen LogP contribution in [0.15, 0.2) is 48.5 Å². The van der Waals surface area contributed by atoms with Crippen LogP contribution in [-0.4, -0.2) is 49.3 Å². The third-order valence-corrected chi connectivity index (χ3v) is 5.33. The van der Waals surface area contributed by atoms with Gasteiger partial charge in [0.1, 0.15) is 18.2 Å². The molecule has 0 radical (unpaired) electrons. The molecule has 1 fully saturated rings. The van der Waals surface area contributed by atoms with Gasteiger partial charge in [-0.25, -0.2) is 4.98 Å². The Hall–Kier alpha value is -2.85. The molecule has 6 nitrogen and oxygen atoms in total. The molecule has 0 spiro atoms. The summed E-state index contributed by atoms with van der Waals surface area (Å²) in [6, 6.07) is 17.3. The number of nitriles is 1.